The second-order valence-electron chi connectivity index (χ2n) is 21.4. The molecule has 422 valence electrons. The van der Waals surface area contributed by atoms with Crippen molar-refractivity contribution >= 4 is 43.6 Å². The molecule has 12 nitrogen and oxygen atoms in total. The molecule has 0 aliphatic heterocycles. The van der Waals surface area contributed by atoms with E-state index < -0.39 is 11.7 Å². The van der Waals surface area contributed by atoms with Crippen molar-refractivity contribution in [2.45, 2.75) is 6.18 Å². The Labute approximate surface area is 522 Å². The van der Waals surface area contributed by atoms with Crippen LogP contribution in [0.5, 0.6) is 0 Å². The van der Waals surface area contributed by atoms with E-state index in [2.05, 4.69) is 54.6 Å². The van der Waals surface area contributed by atoms with Crippen molar-refractivity contribution < 1.29 is 13.2 Å². The molecule has 15 heteroatoms. The lowest BCUT2D eigenvalue weighted by molar-refractivity contribution is -0.137. The van der Waals surface area contributed by atoms with Crippen molar-refractivity contribution in [2.24, 2.45) is 0 Å². The van der Waals surface area contributed by atoms with Gasteiger partial charge in [0.1, 0.15) is 0 Å². The van der Waals surface area contributed by atoms with Crippen molar-refractivity contribution in [3.8, 4) is 139 Å². The first kappa shape index (κ1) is 56.8. The van der Waals surface area contributed by atoms with Gasteiger partial charge in [0.2, 0.25) is 0 Å². The van der Waals surface area contributed by atoms with Crippen LogP contribution in [-0.2, 0) is 6.18 Å². The summed E-state index contributed by atoms with van der Waals surface area (Å²) in [6.07, 6.45) is -4.82. The fourth-order valence-electron chi connectivity index (χ4n) is 12.4. The van der Waals surface area contributed by atoms with E-state index in [1.54, 1.807) is 72.8 Å². The van der Waals surface area contributed by atoms with Crippen molar-refractivity contribution in [1.29, 1.82) is 52.6 Å². The smallest absolute Gasteiger partial charge is 0.309 e. The Morgan fingerprint density at radius 2 is 0.576 bits per heavy atom. The summed E-state index contributed by atoms with van der Waals surface area (Å²) in [5, 5.41) is 106. The van der Waals surface area contributed by atoms with Crippen LogP contribution in [0.2, 0.25) is 0 Å². The molecular formula is C77H33F3N12. The van der Waals surface area contributed by atoms with Gasteiger partial charge in [0.05, 0.1) is 155 Å². The summed E-state index contributed by atoms with van der Waals surface area (Å²) >= 11 is 0. The van der Waals surface area contributed by atoms with Crippen LogP contribution in [0.25, 0.3) is 122 Å². The highest BCUT2D eigenvalue weighted by Crippen LogP contribution is 2.49. The maximum absolute atomic E-state index is 14.6. The molecule has 2 heterocycles. The average molecular weight is 1180 g/mol. The highest BCUT2D eigenvalue weighted by molar-refractivity contribution is 6.15. The van der Waals surface area contributed by atoms with Crippen LogP contribution < -0.4 is 0 Å². The largest absolute Gasteiger partial charge is 0.416 e. The molecule has 2 aromatic heterocycles. The number of nitrogens with zero attached hydrogens (tertiary/aromatic N) is 12. The summed E-state index contributed by atoms with van der Waals surface area (Å²) in [5.41, 5.74) is 9.60. The lowest BCUT2D eigenvalue weighted by atomic mass is 9.87. The van der Waals surface area contributed by atoms with Gasteiger partial charge in [0.15, 0.2) is 0 Å². The minimum absolute atomic E-state index is 0.110. The van der Waals surface area contributed by atoms with Gasteiger partial charge in [-0.1, -0.05) is 72.8 Å². The van der Waals surface area contributed by atoms with Crippen molar-refractivity contribution in [3.63, 3.8) is 0 Å². The Morgan fingerprint density at radius 1 is 0.261 bits per heavy atom. The van der Waals surface area contributed by atoms with E-state index in [1.807, 2.05) is 100 Å². The van der Waals surface area contributed by atoms with E-state index in [9.17, 15) is 65.8 Å². The molecule has 0 spiro atoms. The van der Waals surface area contributed by atoms with E-state index in [1.165, 1.54) is 30.3 Å². The molecule has 0 bridgehead atoms. The molecule has 11 aromatic carbocycles. The monoisotopic (exact) mass is 1180 g/mol. The lowest BCUT2D eigenvalue weighted by Gasteiger charge is -2.23. The molecule has 0 saturated heterocycles. The van der Waals surface area contributed by atoms with E-state index in [-0.39, 0.29) is 66.8 Å². The summed E-state index contributed by atoms with van der Waals surface area (Å²) in [6.45, 7) is 0. The highest BCUT2D eigenvalue weighted by Gasteiger charge is 2.33. The van der Waals surface area contributed by atoms with E-state index in [0.29, 0.717) is 111 Å². The Morgan fingerprint density at radius 3 is 0.902 bits per heavy atom. The molecular weight excluding hydrogens is 1150 g/mol. The van der Waals surface area contributed by atoms with Gasteiger partial charge in [0, 0.05) is 38.2 Å². The zero-order valence-electron chi connectivity index (χ0n) is 47.6. The maximum Gasteiger partial charge on any atom is 0.416 e. The van der Waals surface area contributed by atoms with Crippen LogP contribution in [0, 0.1) is 113 Å². The maximum atomic E-state index is 14.6. The standard InChI is InChI=1S/C77H33F3N12/c78-77(79,80)58-15-20-63(57(29-58)43-90)64-4-2-6-74(92-71-23-13-50(61-18-9-46(36-83)27-55(61)41-88)32-67(71)68-33-51(14-24-72(68)92)62-19-10-47(37-84)28-56(62)42-89)76(64)75-52(38-85)3-1-5-73(75)91-69-21-11-48(59-16-7-44(34-81)25-53(59)39-86)30-65(69)66-31-49(12-22-70(66)91)60-17-8-45(35-82)26-54(60)40-87/h1-33H. The minimum atomic E-state index is -4.82. The molecule has 0 atom stereocenters. The normalized spacial score (nSPS) is 10.9. The van der Waals surface area contributed by atoms with Crippen LogP contribution in [0.3, 0.4) is 0 Å². The van der Waals surface area contributed by atoms with Crippen molar-refractivity contribution in [2.75, 3.05) is 0 Å². The summed E-state index contributed by atoms with van der Waals surface area (Å²) in [5.74, 6) is 0. The minimum Gasteiger partial charge on any atom is -0.309 e. The van der Waals surface area contributed by atoms with Crippen LogP contribution in [-0.4, -0.2) is 9.13 Å². The number of aromatic nitrogens is 2. The van der Waals surface area contributed by atoms with Crippen LogP contribution in [0.15, 0.2) is 200 Å². The molecule has 0 fully saturated rings. The molecule has 0 aliphatic carbocycles. The zero-order valence-corrected chi connectivity index (χ0v) is 47.6. The van der Waals surface area contributed by atoms with Gasteiger partial charge in [0.25, 0.3) is 0 Å². The van der Waals surface area contributed by atoms with Gasteiger partial charge in [-0.2, -0.15) is 65.8 Å². The molecule has 13 aromatic rings. The van der Waals surface area contributed by atoms with E-state index in [0.717, 1.165) is 12.1 Å². The number of alkyl halides is 3. The number of fused-ring (bicyclic) bond motifs is 6. The molecule has 0 N–H and O–H groups in total. The molecule has 0 saturated carbocycles. The third-order valence-electron chi connectivity index (χ3n) is 16.5. The van der Waals surface area contributed by atoms with Gasteiger partial charge in [-0.3, -0.25) is 0 Å². The summed E-state index contributed by atoms with van der Waals surface area (Å²) in [6, 6.07) is 76.8. The van der Waals surface area contributed by atoms with Gasteiger partial charge in [-0.05, 0) is 177 Å². The quantitative estimate of drug-likeness (QED) is 0.139. The first-order valence-electron chi connectivity index (χ1n) is 28.0. The lowest BCUT2D eigenvalue weighted by Crippen LogP contribution is -2.07. The predicted molar refractivity (Wildman–Crippen MR) is 340 cm³/mol. The number of hydrogen-bond acceptors (Lipinski definition) is 10. The summed E-state index contributed by atoms with van der Waals surface area (Å²) in [4.78, 5) is 0. The molecule has 0 amide bonds. The second kappa shape index (κ2) is 22.5. The van der Waals surface area contributed by atoms with Gasteiger partial charge < -0.3 is 9.13 Å². The Hall–Kier alpha value is -14.3. The number of hydrogen-bond donors (Lipinski definition) is 0. The first-order chi connectivity index (χ1) is 44.8. The summed E-state index contributed by atoms with van der Waals surface area (Å²) in [7, 11) is 0. The van der Waals surface area contributed by atoms with Crippen LogP contribution >= 0.6 is 0 Å². The average Bonchev–Trinajstić information content (AvgIpc) is 1.50. The predicted octanol–water partition coefficient (Wildman–Crippen LogP) is 17.6. The molecule has 13 rings (SSSR count). The SMILES string of the molecule is N#Cc1ccc(-c2ccc3c(c2)c2cc(-c4ccc(C#N)cc4C#N)ccc2n3-c2cccc(C#N)c2-c2c(-c3ccc(C(F)(F)F)cc3C#N)cccc2-n2c3ccc(-c4ccc(C#N)cc4C#N)cc3c3cc(-c4ccc(C#N)cc4C#N)ccc32)c(C#N)c1. The fourth-order valence-corrected chi connectivity index (χ4v) is 12.4. The third-order valence-corrected chi connectivity index (χ3v) is 16.5. The first-order valence-corrected chi connectivity index (χ1v) is 28.0. The topological polar surface area (TPSA) is 248 Å². The van der Waals surface area contributed by atoms with Crippen LogP contribution in [0.1, 0.15) is 61.2 Å². The third kappa shape index (κ3) is 9.34. The van der Waals surface area contributed by atoms with Gasteiger partial charge >= 0.3 is 6.18 Å². The van der Waals surface area contributed by atoms with Gasteiger partial charge in [-0.15, -0.1) is 0 Å². The molecule has 0 unspecified atom stereocenters. The Bertz CT molecular complexity index is 5640. The molecule has 0 aliphatic rings. The number of nitriles is 10. The van der Waals surface area contributed by atoms with Crippen molar-refractivity contribution in [1.82, 2.24) is 9.13 Å². The second-order valence-corrected chi connectivity index (χ2v) is 21.4. The van der Waals surface area contributed by atoms with Crippen LogP contribution in [0.4, 0.5) is 13.2 Å². The Kier molecular flexibility index (Phi) is 13.9. The zero-order chi connectivity index (χ0) is 64.1. The number of benzene rings is 11. The Balaban J connectivity index is 1.16. The summed E-state index contributed by atoms with van der Waals surface area (Å²) < 4.78 is 47.8. The highest BCUT2D eigenvalue weighted by atomic mass is 19.4. The van der Waals surface area contributed by atoms with Crippen molar-refractivity contribution in [3.05, 3.63) is 261 Å². The molecule has 92 heavy (non-hydrogen) atoms. The molecule has 0 radical (unpaired) electrons. The number of rotatable bonds is 8. The van der Waals surface area contributed by atoms with Gasteiger partial charge in [-0.25, -0.2) is 0 Å². The number of halogens is 3. The van der Waals surface area contributed by atoms with E-state index in [4.69, 9.17) is 0 Å². The fraction of sp³-hybridized carbons (Fsp3) is 0.0130. The van der Waals surface area contributed by atoms with E-state index >= 15 is 0 Å².